The van der Waals surface area contributed by atoms with E-state index >= 15 is 0 Å². The van der Waals surface area contributed by atoms with Crippen LogP contribution >= 0.6 is 0 Å². The van der Waals surface area contributed by atoms with Crippen LogP contribution in [0.5, 0.6) is 0 Å². The van der Waals surface area contributed by atoms with Gasteiger partial charge in [0.1, 0.15) is 0 Å². The van der Waals surface area contributed by atoms with Gasteiger partial charge in [0.05, 0.1) is 5.56 Å². The highest BCUT2D eigenvalue weighted by molar-refractivity contribution is 5.48. The van der Waals surface area contributed by atoms with Crippen molar-refractivity contribution >= 4 is 0 Å². The zero-order valence-corrected chi connectivity index (χ0v) is 13.5. The average molecular weight is 318 g/mol. The van der Waals surface area contributed by atoms with Crippen LogP contribution in [0.3, 0.4) is 0 Å². The van der Waals surface area contributed by atoms with E-state index in [2.05, 4.69) is 27.0 Å². The van der Waals surface area contributed by atoms with Crippen molar-refractivity contribution in [2.45, 2.75) is 64.2 Å². The normalized spacial score (nSPS) is 21.5. The summed E-state index contributed by atoms with van der Waals surface area (Å²) < 4.78 is 18.0. The molecule has 1 aliphatic carbocycles. The van der Waals surface area contributed by atoms with Gasteiger partial charge in [-0.25, -0.2) is 9.97 Å². The van der Waals surface area contributed by atoms with Crippen molar-refractivity contribution in [1.29, 1.82) is 0 Å². The van der Waals surface area contributed by atoms with Crippen LogP contribution in [0.4, 0.5) is 4.39 Å². The Morgan fingerprint density at radius 1 is 1.13 bits per heavy atom. The Kier molecular flexibility index (Phi) is 5.31. The lowest BCUT2D eigenvalue weighted by atomic mass is 9.79. The Bertz CT molecular complexity index is 605. The Balaban J connectivity index is 1.56. The smallest absolute Gasteiger partial charge is 0.308 e. The Labute approximate surface area is 135 Å². The summed E-state index contributed by atoms with van der Waals surface area (Å²) in [4.78, 5) is 11.5. The molecular formula is C17H23FN4O. The summed E-state index contributed by atoms with van der Waals surface area (Å²) in [5.41, 5.74) is 0.554. The van der Waals surface area contributed by atoms with E-state index in [1.807, 2.05) is 0 Å². The zero-order chi connectivity index (χ0) is 16.1. The van der Waals surface area contributed by atoms with Gasteiger partial charge >= 0.3 is 6.08 Å². The summed E-state index contributed by atoms with van der Waals surface area (Å²) >= 11 is 0. The van der Waals surface area contributed by atoms with Crippen LogP contribution in [0.25, 0.3) is 11.5 Å². The molecule has 2 aromatic heterocycles. The van der Waals surface area contributed by atoms with Crippen molar-refractivity contribution < 1.29 is 8.91 Å². The van der Waals surface area contributed by atoms with Gasteiger partial charge in [-0.05, 0) is 31.6 Å². The third kappa shape index (κ3) is 4.12. The van der Waals surface area contributed by atoms with Gasteiger partial charge in [0.2, 0.25) is 0 Å². The lowest BCUT2D eigenvalue weighted by Gasteiger charge is -2.26. The van der Waals surface area contributed by atoms with Gasteiger partial charge < -0.3 is 4.52 Å². The molecule has 124 valence electrons. The van der Waals surface area contributed by atoms with Gasteiger partial charge in [-0.3, -0.25) is 0 Å². The quantitative estimate of drug-likeness (QED) is 0.579. The monoisotopic (exact) mass is 318 g/mol. The molecule has 2 heterocycles. The maximum atomic E-state index is 12.8. The number of nitrogens with zero attached hydrogens (tertiary/aromatic N) is 4. The number of aromatic nitrogens is 4. The molecule has 2 aromatic rings. The molecular weight excluding hydrogens is 295 g/mol. The van der Waals surface area contributed by atoms with Crippen molar-refractivity contribution in [3.63, 3.8) is 0 Å². The summed E-state index contributed by atoms with van der Waals surface area (Å²) in [7, 11) is 0. The largest absolute Gasteiger partial charge is 0.334 e. The summed E-state index contributed by atoms with van der Waals surface area (Å²) in [5, 5.41) is 4.10. The minimum Gasteiger partial charge on any atom is -0.334 e. The fourth-order valence-corrected chi connectivity index (χ4v) is 3.33. The third-order valence-electron chi connectivity index (χ3n) is 4.74. The first-order valence-corrected chi connectivity index (χ1v) is 8.57. The molecule has 1 saturated carbocycles. The minimum absolute atomic E-state index is 0.366. The molecule has 0 saturated heterocycles. The minimum atomic E-state index is -0.755. The van der Waals surface area contributed by atoms with Crippen molar-refractivity contribution in [3.05, 3.63) is 24.3 Å². The second-order valence-electron chi connectivity index (χ2n) is 6.41. The molecule has 0 radical (unpaired) electrons. The van der Waals surface area contributed by atoms with Crippen LogP contribution in [-0.2, 0) is 0 Å². The van der Waals surface area contributed by atoms with E-state index in [-0.39, 0.29) is 0 Å². The molecule has 6 heteroatoms. The molecule has 0 aromatic carbocycles. The van der Waals surface area contributed by atoms with E-state index in [1.54, 1.807) is 0 Å². The molecule has 1 fully saturated rings. The van der Waals surface area contributed by atoms with E-state index in [4.69, 9.17) is 4.52 Å². The van der Waals surface area contributed by atoms with Gasteiger partial charge in [-0.2, -0.15) is 9.37 Å². The second-order valence-corrected chi connectivity index (χ2v) is 6.41. The van der Waals surface area contributed by atoms with Gasteiger partial charge in [0, 0.05) is 18.3 Å². The fraction of sp³-hybridized carbons (Fsp3) is 0.647. The molecule has 0 spiro atoms. The summed E-state index contributed by atoms with van der Waals surface area (Å²) in [6, 6.07) is 0. The maximum Gasteiger partial charge on any atom is 0.308 e. The lowest BCUT2D eigenvalue weighted by molar-refractivity contribution is 0.292. The van der Waals surface area contributed by atoms with Crippen LogP contribution < -0.4 is 0 Å². The number of halogens is 1. The number of hydrogen-bond acceptors (Lipinski definition) is 5. The van der Waals surface area contributed by atoms with Crippen LogP contribution in [0.15, 0.2) is 16.9 Å². The molecule has 0 N–H and O–H groups in total. The molecule has 0 atom stereocenters. The van der Waals surface area contributed by atoms with Crippen LogP contribution in [-0.4, -0.2) is 20.1 Å². The van der Waals surface area contributed by atoms with E-state index in [9.17, 15) is 4.39 Å². The van der Waals surface area contributed by atoms with E-state index in [0.717, 1.165) is 24.6 Å². The summed E-state index contributed by atoms with van der Waals surface area (Å²) in [6.07, 6.45) is 12.0. The van der Waals surface area contributed by atoms with E-state index < -0.39 is 6.08 Å². The Hall–Kier alpha value is -1.85. The SMILES string of the molecule is CCCCCC1CCC(c2noc(-c3cnc(F)nc3)n2)CC1. The second kappa shape index (κ2) is 7.62. The highest BCUT2D eigenvalue weighted by atomic mass is 19.1. The Morgan fingerprint density at radius 3 is 2.57 bits per heavy atom. The first-order valence-electron chi connectivity index (χ1n) is 8.57. The fourth-order valence-electron chi connectivity index (χ4n) is 3.33. The lowest BCUT2D eigenvalue weighted by Crippen LogP contribution is -2.14. The predicted octanol–water partition coefficient (Wildman–Crippen LogP) is 4.52. The molecule has 1 aliphatic rings. The first kappa shape index (κ1) is 16.0. The molecule has 23 heavy (non-hydrogen) atoms. The number of rotatable bonds is 6. The van der Waals surface area contributed by atoms with E-state index in [1.165, 1.54) is 50.9 Å². The van der Waals surface area contributed by atoms with Crippen molar-refractivity contribution in [1.82, 2.24) is 20.1 Å². The third-order valence-corrected chi connectivity index (χ3v) is 4.74. The predicted molar refractivity (Wildman–Crippen MR) is 84.1 cm³/mol. The van der Waals surface area contributed by atoms with E-state index in [0.29, 0.717) is 17.4 Å². The maximum absolute atomic E-state index is 12.8. The zero-order valence-electron chi connectivity index (χ0n) is 13.5. The van der Waals surface area contributed by atoms with Crippen LogP contribution in [0, 0.1) is 12.0 Å². The highest BCUT2D eigenvalue weighted by Crippen LogP contribution is 2.37. The molecule has 0 amide bonds. The first-order chi connectivity index (χ1) is 11.3. The standard InChI is InChI=1S/C17H23FN4O/c1-2-3-4-5-12-6-8-13(9-7-12)15-21-16(23-22-15)14-10-19-17(18)20-11-14/h10-13H,2-9H2,1H3. The molecule has 0 unspecified atom stereocenters. The number of hydrogen-bond donors (Lipinski definition) is 0. The molecule has 0 aliphatic heterocycles. The van der Waals surface area contributed by atoms with Crippen molar-refractivity contribution in [2.75, 3.05) is 0 Å². The van der Waals surface area contributed by atoms with Crippen LogP contribution in [0.1, 0.15) is 70.0 Å². The molecule has 0 bridgehead atoms. The van der Waals surface area contributed by atoms with Gasteiger partial charge in [0.15, 0.2) is 5.82 Å². The van der Waals surface area contributed by atoms with Gasteiger partial charge in [-0.1, -0.05) is 37.8 Å². The average Bonchev–Trinajstić information content (AvgIpc) is 3.06. The molecule has 5 nitrogen and oxygen atoms in total. The highest BCUT2D eigenvalue weighted by Gasteiger charge is 2.26. The van der Waals surface area contributed by atoms with Crippen molar-refractivity contribution in [3.8, 4) is 11.5 Å². The summed E-state index contributed by atoms with van der Waals surface area (Å²) in [6.45, 7) is 2.25. The van der Waals surface area contributed by atoms with Gasteiger partial charge in [0.25, 0.3) is 5.89 Å². The number of unbranched alkanes of at least 4 members (excludes halogenated alkanes) is 2. The van der Waals surface area contributed by atoms with Crippen molar-refractivity contribution in [2.24, 2.45) is 5.92 Å². The molecule has 3 rings (SSSR count). The Morgan fingerprint density at radius 2 is 1.87 bits per heavy atom. The topological polar surface area (TPSA) is 64.7 Å². The summed E-state index contributed by atoms with van der Waals surface area (Å²) in [5.74, 6) is 2.35. The van der Waals surface area contributed by atoms with Crippen LogP contribution in [0.2, 0.25) is 0 Å². The van der Waals surface area contributed by atoms with Gasteiger partial charge in [-0.15, -0.1) is 0 Å².